The first-order valence-electron chi connectivity index (χ1n) is 6.65. The number of carbonyl (C=O) groups is 2. The summed E-state index contributed by atoms with van der Waals surface area (Å²) in [6.07, 6.45) is 5.36. The summed E-state index contributed by atoms with van der Waals surface area (Å²) in [4.78, 5) is 23.8. The maximum absolute atomic E-state index is 11.1. The molecule has 0 bridgehead atoms. The second-order valence-electron chi connectivity index (χ2n) is 4.39. The zero-order valence-corrected chi connectivity index (χ0v) is 15.2. The van der Waals surface area contributed by atoms with E-state index in [9.17, 15) is 9.59 Å². The predicted octanol–water partition coefficient (Wildman–Crippen LogP) is 6.42. The third-order valence-corrected chi connectivity index (χ3v) is 8.48. The lowest BCUT2D eigenvalue weighted by Crippen LogP contribution is -2.04. The zero-order chi connectivity index (χ0) is 16.7. The van der Waals surface area contributed by atoms with Gasteiger partial charge in [-0.1, -0.05) is 82.3 Å². The molecule has 0 aliphatic heterocycles. The summed E-state index contributed by atoms with van der Waals surface area (Å²) >= 11 is 0. The number of aliphatic carboxylic acids is 1. The van der Waals surface area contributed by atoms with E-state index >= 15 is 0 Å². The van der Waals surface area contributed by atoms with Crippen molar-refractivity contribution in [3.8, 4) is 0 Å². The summed E-state index contributed by atoms with van der Waals surface area (Å²) in [6.45, 7) is 0. The van der Waals surface area contributed by atoms with Gasteiger partial charge in [0.1, 0.15) is 0 Å². The van der Waals surface area contributed by atoms with E-state index < -0.39 is 11.9 Å². The minimum atomic E-state index is -0.931. The number of allylic oxidation sites excluding steroid dienone is 2. The first-order chi connectivity index (χ1) is 11.1. The van der Waals surface area contributed by atoms with Crippen LogP contribution in [0.25, 0.3) is 0 Å². The molecule has 0 aromatic heterocycles. The minimum Gasteiger partial charge on any atom is -0.478 e. The van der Waals surface area contributed by atoms with Crippen molar-refractivity contribution in [1.82, 2.24) is 0 Å². The molecule has 8 heteroatoms. The molecule has 1 aromatic carbocycles. The summed E-state index contributed by atoms with van der Waals surface area (Å²) < 4.78 is 0. The largest absolute Gasteiger partial charge is 0.478 e. The third-order valence-electron chi connectivity index (χ3n) is 2.85. The molecule has 1 aliphatic rings. The number of hydrogen-bond acceptors (Lipinski definition) is 6. The van der Waals surface area contributed by atoms with E-state index in [4.69, 9.17) is 10.2 Å². The molecule has 0 fully saturated rings. The van der Waals surface area contributed by atoms with Gasteiger partial charge in [-0.05, 0) is 25.0 Å². The van der Waals surface area contributed by atoms with Crippen LogP contribution < -0.4 is 0 Å². The summed E-state index contributed by atoms with van der Waals surface area (Å²) in [5.41, 5.74) is 0.677. The van der Waals surface area contributed by atoms with Crippen molar-refractivity contribution in [1.29, 1.82) is 0 Å². The van der Waals surface area contributed by atoms with Crippen LogP contribution in [0.5, 0.6) is 0 Å². The Morgan fingerprint density at radius 2 is 1.56 bits per heavy atom. The number of benzene rings is 1. The molecule has 2 N–H and O–H groups in total. The standard InChI is InChI=1S/C15H14O4S4.2CH4/c16-14(17)10-5-1-3-7-12(10)22-20-9-21-23-13-8-4-2-6-11(13)15(18)19;;/h1,3,5-8H,2,4,9H2,(H,16,17)(H,18,19);2*1H4. The Morgan fingerprint density at radius 3 is 2.24 bits per heavy atom. The topological polar surface area (TPSA) is 74.6 Å². The first-order valence-corrected chi connectivity index (χ1v) is 11.3. The summed E-state index contributed by atoms with van der Waals surface area (Å²) in [5.74, 6) is -1.82. The molecular weight excluding hydrogens is 396 g/mol. The Labute approximate surface area is 164 Å². The van der Waals surface area contributed by atoms with Gasteiger partial charge in [-0.15, -0.1) is 0 Å². The van der Waals surface area contributed by atoms with E-state index in [1.165, 1.54) is 32.4 Å². The minimum absolute atomic E-state index is 0. The predicted molar refractivity (Wildman–Crippen MR) is 113 cm³/mol. The SMILES string of the molecule is C.C.O=C(O)C1=CCCC=C1SSCSSc1ccccc1C(=O)O. The summed E-state index contributed by atoms with van der Waals surface area (Å²) in [6, 6.07) is 6.89. The Balaban J connectivity index is 0.00000288. The smallest absolute Gasteiger partial charge is 0.336 e. The monoisotopic (exact) mass is 418 g/mol. The fraction of sp³-hybridized carbons (Fsp3) is 0.294. The highest BCUT2D eigenvalue weighted by Crippen LogP contribution is 2.43. The molecule has 0 radical (unpaired) electrons. The number of aromatic carboxylic acids is 1. The molecule has 0 saturated carbocycles. The van der Waals surface area contributed by atoms with Gasteiger partial charge in [0.25, 0.3) is 0 Å². The van der Waals surface area contributed by atoms with Gasteiger partial charge in [-0.3, -0.25) is 0 Å². The van der Waals surface area contributed by atoms with Crippen LogP contribution in [0.4, 0.5) is 0 Å². The van der Waals surface area contributed by atoms with E-state index in [1.807, 2.05) is 12.1 Å². The van der Waals surface area contributed by atoms with Crippen molar-refractivity contribution in [2.24, 2.45) is 0 Å². The molecule has 4 nitrogen and oxygen atoms in total. The molecule has 2 rings (SSSR count). The quantitative estimate of drug-likeness (QED) is 0.284. The van der Waals surface area contributed by atoms with Gasteiger partial charge in [0.15, 0.2) is 0 Å². The molecule has 0 saturated heterocycles. The summed E-state index contributed by atoms with van der Waals surface area (Å²) in [5, 5.41) is 19.0. The van der Waals surface area contributed by atoms with Gasteiger partial charge in [-0.25, -0.2) is 9.59 Å². The van der Waals surface area contributed by atoms with Crippen LogP contribution in [0.15, 0.2) is 51.8 Å². The van der Waals surface area contributed by atoms with E-state index in [2.05, 4.69) is 0 Å². The van der Waals surface area contributed by atoms with Gasteiger partial charge in [0.2, 0.25) is 0 Å². The van der Waals surface area contributed by atoms with Crippen LogP contribution in [0.3, 0.4) is 0 Å². The van der Waals surface area contributed by atoms with Gasteiger partial charge in [0, 0.05) is 9.80 Å². The number of carboxylic acids is 2. The average molecular weight is 419 g/mol. The third kappa shape index (κ3) is 7.43. The van der Waals surface area contributed by atoms with Gasteiger partial charge < -0.3 is 10.2 Å². The van der Waals surface area contributed by atoms with Crippen molar-refractivity contribution >= 4 is 55.1 Å². The lowest BCUT2D eigenvalue weighted by molar-refractivity contribution is -0.132. The number of rotatable bonds is 8. The highest BCUT2D eigenvalue weighted by atomic mass is 33.1. The van der Waals surface area contributed by atoms with E-state index in [0.29, 0.717) is 16.2 Å². The van der Waals surface area contributed by atoms with Gasteiger partial charge >= 0.3 is 11.9 Å². The first kappa shape index (κ1) is 24.0. The fourth-order valence-electron chi connectivity index (χ4n) is 1.83. The second-order valence-corrected chi connectivity index (χ2v) is 9.43. The van der Waals surface area contributed by atoms with Crippen LogP contribution >= 0.6 is 43.2 Å². The van der Waals surface area contributed by atoms with Crippen LogP contribution in [0.1, 0.15) is 38.1 Å². The molecule has 0 heterocycles. The van der Waals surface area contributed by atoms with E-state index in [-0.39, 0.29) is 14.9 Å². The van der Waals surface area contributed by atoms with Gasteiger partial charge in [0.05, 0.1) is 16.2 Å². The maximum atomic E-state index is 11.1. The lowest BCUT2D eigenvalue weighted by Gasteiger charge is -2.11. The van der Waals surface area contributed by atoms with E-state index in [1.54, 1.807) is 35.1 Å². The van der Waals surface area contributed by atoms with Crippen LogP contribution in [-0.4, -0.2) is 27.2 Å². The average Bonchev–Trinajstić information content (AvgIpc) is 2.55. The van der Waals surface area contributed by atoms with Crippen molar-refractivity contribution in [2.45, 2.75) is 32.6 Å². The molecule has 0 spiro atoms. The van der Waals surface area contributed by atoms with Crippen molar-refractivity contribution in [3.63, 3.8) is 0 Å². The van der Waals surface area contributed by atoms with Gasteiger partial charge in [-0.2, -0.15) is 0 Å². The molecule has 1 aromatic rings. The number of carboxylic acid groups (broad SMARTS) is 2. The Morgan fingerprint density at radius 1 is 0.920 bits per heavy atom. The maximum Gasteiger partial charge on any atom is 0.336 e. The molecule has 0 unspecified atom stereocenters. The lowest BCUT2D eigenvalue weighted by atomic mass is 10.1. The van der Waals surface area contributed by atoms with Crippen LogP contribution in [0.2, 0.25) is 0 Å². The molecule has 138 valence electrons. The van der Waals surface area contributed by atoms with Crippen LogP contribution in [0, 0.1) is 0 Å². The molecule has 25 heavy (non-hydrogen) atoms. The van der Waals surface area contributed by atoms with Crippen LogP contribution in [-0.2, 0) is 4.79 Å². The summed E-state index contributed by atoms with van der Waals surface area (Å²) in [7, 11) is 5.97. The van der Waals surface area contributed by atoms with Crippen molar-refractivity contribution in [2.75, 3.05) is 5.08 Å². The Hall–Kier alpha value is -0.960. The van der Waals surface area contributed by atoms with Crippen molar-refractivity contribution in [3.05, 3.63) is 52.5 Å². The second kappa shape index (κ2) is 12.4. The van der Waals surface area contributed by atoms with E-state index in [0.717, 1.165) is 22.6 Å². The molecule has 0 atom stereocenters. The molecular formula is C17H22O4S4. The Bertz CT molecular complexity index is 656. The highest BCUT2D eigenvalue weighted by Gasteiger charge is 2.16. The van der Waals surface area contributed by atoms with Crippen molar-refractivity contribution < 1.29 is 19.8 Å². The normalized spacial score (nSPS) is 13.0. The number of hydrogen-bond donors (Lipinski definition) is 2. The highest BCUT2D eigenvalue weighted by molar-refractivity contribution is 8.85. The fourth-order valence-corrected chi connectivity index (χ4v) is 7.41. The molecule has 0 amide bonds. The Kier molecular flexibility index (Phi) is 11.9. The zero-order valence-electron chi connectivity index (χ0n) is 11.9. The molecule has 1 aliphatic carbocycles.